The molecule has 502 valence electrons. The highest BCUT2D eigenvalue weighted by Gasteiger charge is 2.63. The van der Waals surface area contributed by atoms with Crippen LogP contribution in [0.2, 0.25) is 0 Å². The second-order valence-corrected chi connectivity index (χ2v) is 24.1. The first-order valence-electron chi connectivity index (χ1n) is 30.2. The molecule has 0 amide bonds. The molecule has 0 aliphatic carbocycles. The predicted octanol–water partition coefficient (Wildman–Crippen LogP) is 9.26. The standard InChI is InChI=1S/C34H28O9.C32H26N4O8S.C5H4N4OS/c1-34(43-32(38)26-20-12-5-13-21-26)28(41-30(36)24-16-8-3-9-17-24)27(22-39-29(35)23-14-6-2-7-15-23)40-33(34)42-31(37)25-18-10-4-11-19-25;1-32(44-28(39)21-15-9-4-10-16-21)24(43-27(38)20-13-7-3-8-14-20)22(18-41-26(37)19-11-5-2-6-12-19)42-29(32)36-25-23(45-31(36)40)17-34-30(33)35-25;6-4-7-1-2-3(8-4)9-5(10)11-2/h2-21,27-28,33H,22H2,1H3;2-17,22,24,29H,18H2,1H3,(H2,33,34,35);1H,(H3,6,7,8,9,10)/t27-,28-,33-,34-;22-,24-,29-,32-;/m11./s1. The highest BCUT2D eigenvalue weighted by molar-refractivity contribution is 7.16. The van der Waals surface area contributed by atoms with Crippen molar-refractivity contribution < 1.29 is 76.2 Å². The fourth-order valence-electron chi connectivity index (χ4n) is 10.4. The summed E-state index contributed by atoms with van der Waals surface area (Å²) >= 11 is 1.90. The van der Waals surface area contributed by atoms with Crippen LogP contribution in [-0.2, 0) is 42.6 Å². The van der Waals surface area contributed by atoms with Crippen molar-refractivity contribution in [1.29, 1.82) is 0 Å². The summed E-state index contributed by atoms with van der Waals surface area (Å²) in [7, 11) is 0. The highest BCUT2D eigenvalue weighted by Crippen LogP contribution is 2.45. The molecule has 7 aromatic carbocycles. The van der Waals surface area contributed by atoms with Crippen LogP contribution in [0.15, 0.2) is 234 Å². The van der Waals surface area contributed by atoms with Gasteiger partial charge in [0.15, 0.2) is 35.3 Å². The number of nitrogen functional groups attached to an aromatic ring is 2. The molecule has 2 aliphatic rings. The number of nitrogens with one attached hydrogen (secondary N) is 1. The minimum atomic E-state index is -1.86. The average molecular weight is 1380 g/mol. The number of carbonyl (C=O) groups is 7. The zero-order valence-electron chi connectivity index (χ0n) is 52.3. The maximum atomic E-state index is 13.5. The first-order valence-corrected chi connectivity index (χ1v) is 31.8. The van der Waals surface area contributed by atoms with E-state index in [0.29, 0.717) is 15.9 Å². The summed E-state index contributed by atoms with van der Waals surface area (Å²) in [6.45, 7) is 2.11. The number of nitrogens with two attached hydrogens (primary N) is 2. The summed E-state index contributed by atoms with van der Waals surface area (Å²) in [4.78, 5) is 134. The van der Waals surface area contributed by atoms with Crippen LogP contribution in [0.25, 0.3) is 20.7 Å². The SMILES string of the molecule is C[C@@]1(OC(=O)c2ccccc2)[C@H](OC(=O)c2ccccc2)[C@@H](COC(=O)c2ccccc2)O[C@H]1n1c(=O)sc2cnc(N)nc21.C[C@]1(OC(=O)c2ccccc2)[C@@H](OC(=O)c2ccccc2)O[C@H](COC(=O)c2ccccc2)[C@H]1OC(=O)c1ccccc1.Nc1ncc2sc(=O)[nH]c2n1. The molecule has 26 nitrogen and oxygen atoms in total. The molecule has 0 unspecified atom stereocenters. The normalized spacial score (nSPS) is 19.7. The molecule has 2 aliphatic heterocycles. The van der Waals surface area contributed by atoms with E-state index in [-0.39, 0.29) is 55.8 Å². The zero-order chi connectivity index (χ0) is 69.6. The van der Waals surface area contributed by atoms with Gasteiger partial charge in [-0.05, 0) is 98.8 Å². The third kappa shape index (κ3) is 16.1. The molecule has 99 heavy (non-hydrogen) atoms. The van der Waals surface area contributed by atoms with Gasteiger partial charge in [-0.25, -0.2) is 43.5 Å². The fraction of sp³-hybridized carbons (Fsp3) is 0.169. The van der Waals surface area contributed by atoms with Crippen molar-refractivity contribution in [2.75, 3.05) is 24.7 Å². The zero-order valence-corrected chi connectivity index (χ0v) is 53.9. The molecule has 0 spiro atoms. The van der Waals surface area contributed by atoms with E-state index in [2.05, 4.69) is 24.9 Å². The van der Waals surface area contributed by atoms with Crippen molar-refractivity contribution in [1.82, 2.24) is 29.5 Å². The van der Waals surface area contributed by atoms with E-state index in [0.717, 1.165) is 27.4 Å². The van der Waals surface area contributed by atoms with Crippen molar-refractivity contribution in [3.8, 4) is 0 Å². The molecular formula is C71H58N8O18S2. The third-order valence-electron chi connectivity index (χ3n) is 15.3. The van der Waals surface area contributed by atoms with Crippen molar-refractivity contribution in [2.45, 2.75) is 62.0 Å². The Bertz CT molecular complexity index is 4810. The Balaban J connectivity index is 0.000000173. The van der Waals surface area contributed by atoms with Gasteiger partial charge in [0.25, 0.3) is 0 Å². The number of thiazole rings is 2. The van der Waals surface area contributed by atoms with Crippen LogP contribution in [0.3, 0.4) is 0 Å². The maximum Gasteiger partial charge on any atom is 0.340 e. The predicted molar refractivity (Wildman–Crippen MR) is 358 cm³/mol. The number of aromatic nitrogens is 6. The van der Waals surface area contributed by atoms with Crippen LogP contribution in [0, 0.1) is 0 Å². The van der Waals surface area contributed by atoms with Gasteiger partial charge in [-0.3, -0.25) is 19.1 Å². The van der Waals surface area contributed by atoms with E-state index < -0.39 is 108 Å². The molecule has 0 saturated carbocycles. The molecule has 13 rings (SSSR count). The summed E-state index contributed by atoms with van der Waals surface area (Å²) in [5.41, 5.74) is 9.75. The number of carbonyl (C=O) groups excluding carboxylic acids is 7. The lowest BCUT2D eigenvalue weighted by atomic mass is 9.95. The Labute approximate surface area is 569 Å². The second kappa shape index (κ2) is 30.7. The number of benzene rings is 7. The van der Waals surface area contributed by atoms with Gasteiger partial charge in [0.2, 0.25) is 23.8 Å². The number of ether oxygens (including phenoxy) is 9. The van der Waals surface area contributed by atoms with Gasteiger partial charge in [0.1, 0.15) is 25.4 Å². The van der Waals surface area contributed by atoms with E-state index in [9.17, 15) is 43.2 Å². The lowest BCUT2D eigenvalue weighted by Crippen LogP contribution is -2.53. The highest BCUT2D eigenvalue weighted by atomic mass is 32.1. The Hall–Kier alpha value is -12.1. The van der Waals surface area contributed by atoms with Gasteiger partial charge in [0.05, 0.1) is 60.7 Å². The Morgan fingerprint density at radius 3 is 1.24 bits per heavy atom. The number of rotatable bonds is 17. The molecular weight excluding hydrogens is 1320 g/mol. The topological polar surface area (TPSA) is 361 Å². The van der Waals surface area contributed by atoms with E-state index in [1.165, 1.54) is 30.8 Å². The fourth-order valence-corrected chi connectivity index (χ4v) is 11.9. The van der Waals surface area contributed by atoms with Gasteiger partial charge in [-0.15, -0.1) is 0 Å². The van der Waals surface area contributed by atoms with Gasteiger partial charge in [-0.2, -0.15) is 9.97 Å². The Morgan fingerprint density at radius 2 is 0.808 bits per heavy atom. The summed E-state index contributed by atoms with van der Waals surface area (Å²) in [5.74, 6) is -5.02. The van der Waals surface area contributed by atoms with Gasteiger partial charge >= 0.3 is 51.5 Å². The number of hydrogen-bond donors (Lipinski definition) is 3. The lowest BCUT2D eigenvalue weighted by molar-refractivity contribution is -0.175. The largest absolute Gasteiger partial charge is 0.459 e. The minimum absolute atomic E-state index is 0.101. The van der Waals surface area contributed by atoms with Crippen LogP contribution in [0.4, 0.5) is 11.9 Å². The summed E-state index contributed by atoms with van der Waals surface area (Å²) in [6, 6.07) is 57.5. The molecule has 0 bridgehead atoms. The van der Waals surface area contributed by atoms with Crippen molar-refractivity contribution in [2.24, 2.45) is 0 Å². The molecule has 2 fully saturated rings. The van der Waals surface area contributed by atoms with Gasteiger partial charge in [-0.1, -0.05) is 150 Å². The maximum absolute atomic E-state index is 13.5. The number of H-pyrrole nitrogens is 1. The monoisotopic (exact) mass is 1370 g/mol. The summed E-state index contributed by atoms with van der Waals surface area (Å²) < 4.78 is 55.5. The molecule has 2 saturated heterocycles. The number of aromatic amines is 1. The van der Waals surface area contributed by atoms with Crippen LogP contribution in [-0.4, -0.2) is 126 Å². The molecule has 4 aromatic heterocycles. The van der Waals surface area contributed by atoms with Crippen molar-refractivity contribution in [3.63, 3.8) is 0 Å². The van der Waals surface area contributed by atoms with Crippen LogP contribution in [0.1, 0.15) is 92.6 Å². The van der Waals surface area contributed by atoms with E-state index in [1.807, 2.05) is 0 Å². The molecule has 11 aromatic rings. The number of nitrogens with zero attached hydrogens (tertiary/aromatic N) is 5. The van der Waals surface area contributed by atoms with Crippen molar-refractivity contribution in [3.05, 3.63) is 283 Å². The number of anilines is 2. The third-order valence-corrected chi connectivity index (χ3v) is 17.0. The molecule has 5 N–H and O–H groups in total. The van der Waals surface area contributed by atoms with Gasteiger partial charge in [0, 0.05) is 0 Å². The lowest BCUT2D eigenvalue weighted by Gasteiger charge is -2.34. The minimum Gasteiger partial charge on any atom is -0.459 e. The number of fused-ring (bicyclic) bond motifs is 2. The van der Waals surface area contributed by atoms with Gasteiger partial charge < -0.3 is 54.1 Å². The Morgan fingerprint density at radius 1 is 0.455 bits per heavy atom. The molecule has 0 radical (unpaired) electrons. The van der Waals surface area contributed by atoms with E-state index in [1.54, 1.807) is 212 Å². The number of esters is 7. The first kappa shape index (κ1) is 68.3. The Kier molecular flexibility index (Phi) is 21.2. The van der Waals surface area contributed by atoms with E-state index in [4.69, 9.17) is 54.1 Å². The average Bonchev–Trinajstić information content (AvgIpc) is 1.59. The van der Waals surface area contributed by atoms with Crippen LogP contribution in [0.5, 0.6) is 0 Å². The van der Waals surface area contributed by atoms with E-state index >= 15 is 0 Å². The smallest absolute Gasteiger partial charge is 0.340 e. The van der Waals surface area contributed by atoms with Crippen LogP contribution >= 0.6 is 22.7 Å². The quantitative estimate of drug-likeness (QED) is 0.0564. The molecule has 28 heteroatoms. The van der Waals surface area contributed by atoms with Crippen LogP contribution < -0.4 is 21.2 Å². The molecule has 6 heterocycles. The second-order valence-electron chi connectivity index (χ2n) is 22.1. The van der Waals surface area contributed by atoms with Crippen molar-refractivity contribution >= 4 is 97.0 Å². The molecule has 8 atom stereocenters. The summed E-state index contributed by atoms with van der Waals surface area (Å²) in [6.07, 6.45) is -5.10. The summed E-state index contributed by atoms with van der Waals surface area (Å²) in [5, 5.41) is 0. The number of hydrogen-bond acceptors (Lipinski definition) is 26. The first-order chi connectivity index (χ1) is 47.8.